The molecule has 0 aliphatic rings. The lowest BCUT2D eigenvalue weighted by Gasteiger charge is -2.10. The molecule has 104 valence electrons. The highest BCUT2D eigenvalue weighted by Crippen LogP contribution is 2.28. The number of nitrogens with one attached hydrogen (secondary N) is 1. The number of amides is 1. The van der Waals surface area contributed by atoms with Crippen molar-refractivity contribution in [2.75, 3.05) is 19.5 Å². The molecule has 1 aromatic heterocycles. The minimum atomic E-state index is -0.209. The van der Waals surface area contributed by atoms with E-state index in [9.17, 15) is 4.79 Å². The predicted octanol–water partition coefficient (Wildman–Crippen LogP) is 3.42. The summed E-state index contributed by atoms with van der Waals surface area (Å²) in [5.74, 6) is 1.02. The van der Waals surface area contributed by atoms with E-state index in [1.165, 1.54) is 6.08 Å². The third-order valence-corrected chi connectivity index (χ3v) is 3.34. The Bertz CT molecular complexity index is 606. The minimum absolute atomic E-state index is 0.209. The van der Waals surface area contributed by atoms with Crippen LogP contribution in [0.25, 0.3) is 6.08 Å². The number of methoxy groups -OCH3 is 2. The fraction of sp³-hybridized carbons (Fsp3) is 0.133. The average Bonchev–Trinajstić information content (AvgIpc) is 2.99. The zero-order chi connectivity index (χ0) is 14.4. The zero-order valence-corrected chi connectivity index (χ0v) is 12.1. The van der Waals surface area contributed by atoms with Crippen molar-refractivity contribution in [2.24, 2.45) is 0 Å². The lowest BCUT2D eigenvalue weighted by Crippen LogP contribution is -2.08. The van der Waals surface area contributed by atoms with Crippen molar-refractivity contribution in [3.8, 4) is 11.5 Å². The first-order valence-electron chi connectivity index (χ1n) is 5.96. The first-order chi connectivity index (χ1) is 9.72. The standard InChI is InChI=1S/C15H15NO3S/c1-18-12-4-5-13(14(9-12)19-2)16-15(17)6-3-11-7-8-20-10-11/h3-10H,1-2H3,(H,16,17)/b6-3+. The second-order valence-corrected chi connectivity index (χ2v) is 4.73. The molecule has 20 heavy (non-hydrogen) atoms. The van der Waals surface area contributed by atoms with Gasteiger partial charge in [0.25, 0.3) is 0 Å². The molecule has 0 saturated carbocycles. The van der Waals surface area contributed by atoms with Gasteiger partial charge in [-0.1, -0.05) is 0 Å². The highest BCUT2D eigenvalue weighted by molar-refractivity contribution is 7.08. The third kappa shape index (κ3) is 3.61. The van der Waals surface area contributed by atoms with E-state index < -0.39 is 0 Å². The summed E-state index contributed by atoms with van der Waals surface area (Å²) in [6.07, 6.45) is 3.26. The fourth-order valence-corrected chi connectivity index (χ4v) is 2.25. The molecule has 0 fully saturated rings. The number of rotatable bonds is 5. The summed E-state index contributed by atoms with van der Waals surface area (Å²) in [4.78, 5) is 11.8. The van der Waals surface area contributed by atoms with Crippen molar-refractivity contribution in [1.82, 2.24) is 0 Å². The van der Waals surface area contributed by atoms with Crippen LogP contribution in [0.3, 0.4) is 0 Å². The lowest BCUT2D eigenvalue weighted by atomic mass is 10.2. The van der Waals surface area contributed by atoms with Crippen LogP contribution >= 0.6 is 11.3 Å². The summed E-state index contributed by atoms with van der Waals surface area (Å²) >= 11 is 1.59. The van der Waals surface area contributed by atoms with Crippen molar-refractivity contribution in [1.29, 1.82) is 0 Å². The Balaban J connectivity index is 2.07. The zero-order valence-electron chi connectivity index (χ0n) is 11.3. The van der Waals surface area contributed by atoms with Crippen molar-refractivity contribution >= 4 is 29.0 Å². The third-order valence-electron chi connectivity index (χ3n) is 2.64. The second kappa shape index (κ2) is 6.77. The monoisotopic (exact) mass is 289 g/mol. The molecule has 0 bridgehead atoms. The topological polar surface area (TPSA) is 47.6 Å². The number of hydrogen-bond donors (Lipinski definition) is 1. The normalized spacial score (nSPS) is 10.5. The maximum atomic E-state index is 11.8. The Hall–Kier alpha value is -2.27. The Morgan fingerprint density at radius 3 is 2.75 bits per heavy atom. The SMILES string of the molecule is COc1ccc(NC(=O)/C=C/c2ccsc2)c(OC)c1. The molecule has 0 radical (unpaired) electrons. The molecular formula is C15H15NO3S. The quantitative estimate of drug-likeness (QED) is 0.858. The number of anilines is 1. The number of carbonyl (C=O) groups is 1. The van der Waals surface area contributed by atoms with Crippen molar-refractivity contribution in [3.05, 3.63) is 46.7 Å². The molecule has 0 aliphatic carbocycles. The van der Waals surface area contributed by atoms with Gasteiger partial charge in [-0.15, -0.1) is 0 Å². The first kappa shape index (κ1) is 14.1. The molecule has 1 N–H and O–H groups in total. The van der Waals surface area contributed by atoms with Crippen LogP contribution in [-0.2, 0) is 4.79 Å². The maximum Gasteiger partial charge on any atom is 0.248 e. The van der Waals surface area contributed by atoms with E-state index in [4.69, 9.17) is 9.47 Å². The van der Waals surface area contributed by atoms with Crippen LogP contribution in [0.15, 0.2) is 41.1 Å². The summed E-state index contributed by atoms with van der Waals surface area (Å²) in [5, 5.41) is 6.70. The van der Waals surface area contributed by atoms with Gasteiger partial charge in [0, 0.05) is 12.1 Å². The Labute approximate surface area is 121 Å². The second-order valence-electron chi connectivity index (χ2n) is 3.95. The van der Waals surface area contributed by atoms with E-state index in [0.29, 0.717) is 17.2 Å². The Morgan fingerprint density at radius 2 is 2.10 bits per heavy atom. The lowest BCUT2D eigenvalue weighted by molar-refractivity contribution is -0.111. The molecule has 0 saturated heterocycles. The molecule has 0 atom stereocenters. The van der Waals surface area contributed by atoms with Gasteiger partial charge in [-0.3, -0.25) is 4.79 Å². The van der Waals surface area contributed by atoms with E-state index >= 15 is 0 Å². The van der Waals surface area contributed by atoms with Gasteiger partial charge >= 0.3 is 0 Å². The summed E-state index contributed by atoms with van der Waals surface area (Å²) in [5.41, 5.74) is 1.61. The van der Waals surface area contributed by atoms with Gasteiger partial charge < -0.3 is 14.8 Å². The van der Waals surface area contributed by atoms with E-state index in [1.54, 1.807) is 49.8 Å². The smallest absolute Gasteiger partial charge is 0.248 e. The fourth-order valence-electron chi connectivity index (χ4n) is 1.62. The summed E-state index contributed by atoms with van der Waals surface area (Å²) in [6.45, 7) is 0. The highest BCUT2D eigenvalue weighted by atomic mass is 32.1. The van der Waals surface area contributed by atoms with E-state index in [2.05, 4.69) is 5.32 Å². The van der Waals surface area contributed by atoms with Gasteiger partial charge in [-0.2, -0.15) is 11.3 Å². The van der Waals surface area contributed by atoms with Gasteiger partial charge in [0.2, 0.25) is 5.91 Å². The molecule has 5 heteroatoms. The highest BCUT2D eigenvalue weighted by Gasteiger charge is 2.06. The minimum Gasteiger partial charge on any atom is -0.497 e. The van der Waals surface area contributed by atoms with Gasteiger partial charge in [0.05, 0.1) is 19.9 Å². The summed E-state index contributed by atoms with van der Waals surface area (Å²) < 4.78 is 10.3. The summed E-state index contributed by atoms with van der Waals surface area (Å²) in [7, 11) is 3.13. The molecule has 0 unspecified atom stereocenters. The van der Waals surface area contributed by atoms with Crippen molar-refractivity contribution in [3.63, 3.8) is 0 Å². The van der Waals surface area contributed by atoms with Gasteiger partial charge in [0.1, 0.15) is 11.5 Å². The molecule has 1 amide bonds. The van der Waals surface area contributed by atoms with Crippen LogP contribution in [0.1, 0.15) is 5.56 Å². The first-order valence-corrected chi connectivity index (χ1v) is 6.90. The van der Waals surface area contributed by atoms with Crippen LogP contribution < -0.4 is 14.8 Å². The Kier molecular flexibility index (Phi) is 4.79. The number of hydrogen-bond acceptors (Lipinski definition) is 4. The van der Waals surface area contributed by atoms with Crippen molar-refractivity contribution in [2.45, 2.75) is 0 Å². The average molecular weight is 289 g/mol. The molecule has 1 heterocycles. The van der Waals surface area contributed by atoms with E-state index in [1.807, 2.05) is 16.8 Å². The molecule has 2 aromatic rings. The number of benzene rings is 1. The van der Waals surface area contributed by atoms with Crippen LogP contribution in [-0.4, -0.2) is 20.1 Å². The largest absolute Gasteiger partial charge is 0.497 e. The van der Waals surface area contributed by atoms with Crippen LogP contribution in [0, 0.1) is 0 Å². The predicted molar refractivity (Wildman–Crippen MR) is 81.5 cm³/mol. The molecule has 2 rings (SSSR count). The van der Waals surface area contributed by atoms with E-state index in [-0.39, 0.29) is 5.91 Å². The Morgan fingerprint density at radius 1 is 1.25 bits per heavy atom. The van der Waals surface area contributed by atoms with Crippen LogP contribution in [0.2, 0.25) is 0 Å². The van der Waals surface area contributed by atoms with E-state index in [0.717, 1.165) is 5.56 Å². The van der Waals surface area contributed by atoms with Crippen LogP contribution in [0.4, 0.5) is 5.69 Å². The molecule has 0 spiro atoms. The number of carbonyl (C=O) groups excluding carboxylic acids is 1. The molecule has 1 aromatic carbocycles. The number of thiophene rings is 1. The molecular weight excluding hydrogens is 274 g/mol. The molecule has 0 aliphatic heterocycles. The molecule has 4 nitrogen and oxygen atoms in total. The van der Waals surface area contributed by atoms with Gasteiger partial charge in [0.15, 0.2) is 0 Å². The summed E-state index contributed by atoms with van der Waals surface area (Å²) in [6, 6.07) is 7.18. The maximum absolute atomic E-state index is 11.8. The van der Waals surface area contributed by atoms with Crippen LogP contribution in [0.5, 0.6) is 11.5 Å². The van der Waals surface area contributed by atoms with Gasteiger partial charge in [-0.25, -0.2) is 0 Å². The van der Waals surface area contributed by atoms with Gasteiger partial charge in [-0.05, 0) is 40.6 Å². The number of ether oxygens (including phenoxy) is 2. The van der Waals surface area contributed by atoms with Crippen molar-refractivity contribution < 1.29 is 14.3 Å².